The number of ether oxygens (including phenoxy) is 2. The number of hydrogen-bond acceptors (Lipinski definition) is 3. The van der Waals surface area contributed by atoms with Gasteiger partial charge in [0.1, 0.15) is 11.5 Å². The Balaban J connectivity index is 2.02. The average molecular weight is 306 g/mol. The molecule has 0 aliphatic carbocycles. The van der Waals surface area contributed by atoms with E-state index in [1.165, 1.54) is 0 Å². The second kappa shape index (κ2) is 7.38. The van der Waals surface area contributed by atoms with Crippen LogP contribution in [-0.4, -0.2) is 38.2 Å². The van der Waals surface area contributed by atoms with Gasteiger partial charge in [-0.15, -0.1) is 0 Å². The van der Waals surface area contributed by atoms with Gasteiger partial charge in [0.25, 0.3) is 0 Å². The van der Waals surface area contributed by atoms with Crippen LogP contribution in [0.5, 0.6) is 11.5 Å². The fourth-order valence-electron chi connectivity index (χ4n) is 2.74. The van der Waals surface area contributed by atoms with Crippen molar-refractivity contribution in [1.82, 2.24) is 10.2 Å². The Kier molecular flexibility index (Phi) is 5.52. The molecule has 1 aliphatic rings. The van der Waals surface area contributed by atoms with Crippen molar-refractivity contribution in [3.05, 3.63) is 23.8 Å². The topological polar surface area (TPSA) is 50.8 Å². The summed E-state index contributed by atoms with van der Waals surface area (Å²) in [5, 5.41) is 3.06. The Labute approximate surface area is 132 Å². The van der Waals surface area contributed by atoms with Gasteiger partial charge in [0.15, 0.2) is 0 Å². The van der Waals surface area contributed by atoms with E-state index >= 15 is 0 Å². The van der Waals surface area contributed by atoms with Crippen molar-refractivity contribution in [3.8, 4) is 11.5 Å². The van der Waals surface area contributed by atoms with Crippen molar-refractivity contribution in [1.29, 1.82) is 0 Å². The largest absolute Gasteiger partial charge is 0.497 e. The number of carbonyl (C=O) groups is 1. The zero-order chi connectivity index (χ0) is 16.1. The normalized spacial score (nSPS) is 17.0. The monoisotopic (exact) mass is 306 g/mol. The zero-order valence-electron chi connectivity index (χ0n) is 13.9. The van der Waals surface area contributed by atoms with E-state index in [1.54, 1.807) is 14.2 Å². The highest BCUT2D eigenvalue weighted by Gasteiger charge is 2.22. The quantitative estimate of drug-likeness (QED) is 0.929. The van der Waals surface area contributed by atoms with Crippen LogP contribution >= 0.6 is 0 Å². The molecule has 1 fully saturated rings. The molecule has 0 aromatic heterocycles. The number of urea groups is 1. The molecule has 1 aliphatic heterocycles. The summed E-state index contributed by atoms with van der Waals surface area (Å²) >= 11 is 0. The number of carbonyl (C=O) groups excluding carboxylic acids is 1. The van der Waals surface area contributed by atoms with Gasteiger partial charge in [-0.2, -0.15) is 0 Å². The second-order valence-corrected chi connectivity index (χ2v) is 5.95. The molecular weight excluding hydrogens is 280 g/mol. The molecule has 5 heteroatoms. The third-order valence-corrected chi connectivity index (χ3v) is 4.32. The number of amides is 2. The van der Waals surface area contributed by atoms with Crippen molar-refractivity contribution < 1.29 is 14.3 Å². The molecule has 0 spiro atoms. The highest BCUT2D eigenvalue weighted by atomic mass is 16.5. The van der Waals surface area contributed by atoms with Crippen molar-refractivity contribution in [2.24, 2.45) is 5.92 Å². The fourth-order valence-corrected chi connectivity index (χ4v) is 2.74. The van der Waals surface area contributed by atoms with Gasteiger partial charge in [-0.3, -0.25) is 0 Å². The smallest absolute Gasteiger partial charge is 0.317 e. The molecule has 0 bridgehead atoms. The maximum atomic E-state index is 12.4. The van der Waals surface area contributed by atoms with Gasteiger partial charge >= 0.3 is 6.03 Å². The van der Waals surface area contributed by atoms with Crippen molar-refractivity contribution in [2.45, 2.75) is 32.7 Å². The number of hydrogen-bond donors (Lipinski definition) is 1. The molecular formula is C17H26N2O3. The Hall–Kier alpha value is -1.91. The number of rotatable bonds is 4. The van der Waals surface area contributed by atoms with Crippen LogP contribution in [0.15, 0.2) is 18.2 Å². The minimum absolute atomic E-state index is 0.00253. The minimum Gasteiger partial charge on any atom is -0.497 e. The summed E-state index contributed by atoms with van der Waals surface area (Å²) < 4.78 is 10.6. The lowest BCUT2D eigenvalue weighted by molar-refractivity contribution is 0.171. The van der Waals surface area contributed by atoms with E-state index in [-0.39, 0.29) is 12.1 Å². The number of piperidine rings is 1. The van der Waals surface area contributed by atoms with Gasteiger partial charge in [0.2, 0.25) is 0 Å². The standard InChI is InChI=1S/C17H26N2O3/c1-12-7-9-19(10-8-12)17(20)18-13(2)15-6-5-14(21-3)11-16(15)22-4/h5-6,11-13H,7-10H2,1-4H3,(H,18,20). The first-order chi connectivity index (χ1) is 10.5. The summed E-state index contributed by atoms with van der Waals surface area (Å²) in [4.78, 5) is 14.3. The predicted molar refractivity (Wildman–Crippen MR) is 86.5 cm³/mol. The Morgan fingerprint density at radius 1 is 1.27 bits per heavy atom. The summed E-state index contributed by atoms with van der Waals surface area (Å²) in [5.41, 5.74) is 0.946. The third-order valence-electron chi connectivity index (χ3n) is 4.32. The highest BCUT2D eigenvalue weighted by molar-refractivity contribution is 5.75. The van der Waals surface area contributed by atoms with E-state index in [2.05, 4.69) is 12.2 Å². The number of nitrogens with one attached hydrogen (secondary N) is 1. The van der Waals surface area contributed by atoms with Gasteiger partial charge in [0, 0.05) is 24.7 Å². The van der Waals surface area contributed by atoms with E-state index in [4.69, 9.17) is 9.47 Å². The van der Waals surface area contributed by atoms with Crippen LogP contribution < -0.4 is 14.8 Å². The lowest BCUT2D eigenvalue weighted by atomic mass is 9.99. The first-order valence-electron chi connectivity index (χ1n) is 7.82. The molecule has 2 rings (SSSR count). The number of likely N-dealkylation sites (tertiary alicyclic amines) is 1. The van der Waals surface area contributed by atoms with Gasteiger partial charge in [-0.1, -0.05) is 6.92 Å². The molecule has 1 heterocycles. The molecule has 0 radical (unpaired) electrons. The van der Waals surface area contributed by atoms with Crippen molar-refractivity contribution >= 4 is 6.03 Å². The van der Waals surface area contributed by atoms with Crippen LogP contribution in [0.1, 0.15) is 38.3 Å². The first kappa shape index (κ1) is 16.5. The van der Waals surface area contributed by atoms with Crippen LogP contribution in [-0.2, 0) is 0 Å². The molecule has 1 unspecified atom stereocenters. The van der Waals surface area contributed by atoms with Gasteiger partial charge in [-0.05, 0) is 37.8 Å². The maximum Gasteiger partial charge on any atom is 0.317 e. The van der Waals surface area contributed by atoms with Crippen LogP contribution in [0.2, 0.25) is 0 Å². The summed E-state index contributed by atoms with van der Waals surface area (Å²) in [6.07, 6.45) is 2.15. The summed E-state index contributed by atoms with van der Waals surface area (Å²) in [5.74, 6) is 2.17. The molecule has 122 valence electrons. The summed E-state index contributed by atoms with van der Waals surface area (Å²) in [6.45, 7) is 5.87. The number of benzene rings is 1. The van der Waals surface area contributed by atoms with E-state index in [0.717, 1.165) is 43.0 Å². The molecule has 1 atom stereocenters. The Bertz CT molecular complexity index is 511. The van der Waals surface area contributed by atoms with E-state index in [9.17, 15) is 4.79 Å². The molecule has 2 amide bonds. The van der Waals surface area contributed by atoms with Crippen molar-refractivity contribution in [3.63, 3.8) is 0 Å². The first-order valence-corrected chi connectivity index (χ1v) is 7.82. The van der Waals surface area contributed by atoms with Gasteiger partial charge < -0.3 is 19.7 Å². The Morgan fingerprint density at radius 2 is 1.95 bits per heavy atom. The maximum absolute atomic E-state index is 12.4. The van der Waals surface area contributed by atoms with Crippen LogP contribution in [0.25, 0.3) is 0 Å². The Morgan fingerprint density at radius 3 is 2.55 bits per heavy atom. The third kappa shape index (κ3) is 3.84. The summed E-state index contributed by atoms with van der Waals surface area (Å²) in [7, 11) is 3.25. The summed E-state index contributed by atoms with van der Waals surface area (Å²) in [6, 6.07) is 5.52. The second-order valence-electron chi connectivity index (χ2n) is 5.95. The van der Waals surface area contributed by atoms with Crippen LogP contribution in [0, 0.1) is 5.92 Å². The molecule has 1 aromatic rings. The number of methoxy groups -OCH3 is 2. The predicted octanol–water partition coefficient (Wildman–Crippen LogP) is 3.21. The average Bonchev–Trinajstić information content (AvgIpc) is 2.54. The van der Waals surface area contributed by atoms with Crippen LogP contribution in [0.3, 0.4) is 0 Å². The lowest BCUT2D eigenvalue weighted by Gasteiger charge is -2.31. The molecule has 0 saturated carbocycles. The molecule has 5 nitrogen and oxygen atoms in total. The molecule has 1 saturated heterocycles. The highest BCUT2D eigenvalue weighted by Crippen LogP contribution is 2.29. The molecule has 22 heavy (non-hydrogen) atoms. The molecule has 1 N–H and O–H groups in total. The van der Waals surface area contributed by atoms with E-state index in [1.807, 2.05) is 30.0 Å². The molecule has 1 aromatic carbocycles. The van der Waals surface area contributed by atoms with Gasteiger partial charge in [-0.25, -0.2) is 4.79 Å². The zero-order valence-corrected chi connectivity index (χ0v) is 13.9. The van der Waals surface area contributed by atoms with E-state index < -0.39 is 0 Å². The lowest BCUT2D eigenvalue weighted by Crippen LogP contribution is -2.44. The fraction of sp³-hybridized carbons (Fsp3) is 0.588. The van der Waals surface area contributed by atoms with Crippen LogP contribution in [0.4, 0.5) is 4.79 Å². The minimum atomic E-state index is -0.118. The number of nitrogens with zero attached hydrogens (tertiary/aromatic N) is 1. The van der Waals surface area contributed by atoms with Gasteiger partial charge in [0.05, 0.1) is 20.3 Å². The SMILES string of the molecule is COc1ccc(C(C)NC(=O)N2CCC(C)CC2)c(OC)c1. The van der Waals surface area contributed by atoms with Crippen molar-refractivity contribution in [2.75, 3.05) is 27.3 Å². The van der Waals surface area contributed by atoms with E-state index in [0.29, 0.717) is 5.92 Å².